The molecule has 0 aliphatic rings. The van der Waals surface area contributed by atoms with Gasteiger partial charge in [0.15, 0.2) is 0 Å². The van der Waals surface area contributed by atoms with Crippen molar-refractivity contribution in [1.82, 2.24) is 0 Å². The summed E-state index contributed by atoms with van der Waals surface area (Å²) in [4.78, 5) is 0. The third kappa shape index (κ3) is 4.04. The lowest BCUT2D eigenvalue weighted by atomic mass is 10.1. The third-order valence-electron chi connectivity index (χ3n) is 2.86. The minimum absolute atomic E-state index is 0.209. The highest BCUT2D eigenvalue weighted by molar-refractivity contribution is 5.39. The van der Waals surface area contributed by atoms with E-state index in [1.807, 2.05) is 0 Å². The van der Waals surface area contributed by atoms with Gasteiger partial charge in [0, 0.05) is 0 Å². The average Bonchev–Trinajstić information content (AvgIpc) is 2.46. The molecule has 0 bridgehead atoms. The van der Waals surface area contributed by atoms with Gasteiger partial charge in [-0.2, -0.15) is 0 Å². The minimum atomic E-state index is -0.447. The Hall–Kier alpha value is -2.38. The van der Waals surface area contributed by atoms with Gasteiger partial charge in [0.2, 0.25) is 0 Å². The van der Waals surface area contributed by atoms with Gasteiger partial charge < -0.3 is 9.84 Å². The molecule has 0 unspecified atom stereocenters. The fourth-order valence-corrected chi connectivity index (χ4v) is 1.83. The van der Waals surface area contributed by atoms with Crippen molar-refractivity contribution in [1.29, 1.82) is 0 Å². The third-order valence-corrected chi connectivity index (χ3v) is 2.86. The molecule has 0 saturated carbocycles. The Bertz CT molecular complexity index is 700. The molecular formula is C17H14F2O2. The van der Waals surface area contributed by atoms with Crippen LogP contribution in [0.25, 0.3) is 0 Å². The zero-order chi connectivity index (χ0) is 15.2. The van der Waals surface area contributed by atoms with Gasteiger partial charge in [-0.3, -0.25) is 0 Å². The van der Waals surface area contributed by atoms with Crippen LogP contribution in [-0.4, -0.2) is 11.7 Å². The maximum Gasteiger partial charge on any atom is 0.138 e. The molecule has 0 aliphatic heterocycles. The molecule has 0 aromatic heterocycles. The summed E-state index contributed by atoms with van der Waals surface area (Å²) in [6.45, 7) is 1.65. The van der Waals surface area contributed by atoms with Crippen molar-refractivity contribution in [2.24, 2.45) is 0 Å². The molecular weight excluding hydrogens is 274 g/mol. The number of benzene rings is 2. The summed E-state index contributed by atoms with van der Waals surface area (Å²) >= 11 is 0. The molecule has 0 saturated heterocycles. The van der Waals surface area contributed by atoms with E-state index in [4.69, 9.17) is 9.84 Å². The van der Waals surface area contributed by atoms with Crippen LogP contribution in [0.5, 0.6) is 5.75 Å². The molecule has 0 spiro atoms. The number of halogens is 2. The normalized spacial score (nSPS) is 9.90. The van der Waals surface area contributed by atoms with Gasteiger partial charge in [0.1, 0.15) is 30.6 Å². The van der Waals surface area contributed by atoms with Crippen LogP contribution in [-0.2, 0) is 6.61 Å². The fourth-order valence-electron chi connectivity index (χ4n) is 1.83. The Balaban J connectivity index is 2.13. The maximum atomic E-state index is 13.5. The van der Waals surface area contributed by atoms with Crippen molar-refractivity contribution in [3.8, 4) is 17.6 Å². The topological polar surface area (TPSA) is 29.5 Å². The Morgan fingerprint density at radius 1 is 1.14 bits per heavy atom. The molecule has 2 aromatic carbocycles. The van der Waals surface area contributed by atoms with E-state index in [2.05, 4.69) is 11.8 Å². The standard InChI is InChI=1S/C17H14F2O2/c1-12-9-15(18)5-7-17(12)21-11-13-4-6-16(19)14(10-13)3-2-8-20/h4-7,9-10,20H,8,11H2,1H3. The summed E-state index contributed by atoms with van der Waals surface area (Å²) in [5.41, 5.74) is 1.64. The lowest BCUT2D eigenvalue weighted by molar-refractivity contribution is 0.303. The number of hydrogen-bond donors (Lipinski definition) is 1. The van der Waals surface area contributed by atoms with Crippen molar-refractivity contribution < 1.29 is 18.6 Å². The van der Waals surface area contributed by atoms with E-state index in [0.29, 0.717) is 11.3 Å². The van der Waals surface area contributed by atoms with Crippen LogP contribution in [0.3, 0.4) is 0 Å². The molecule has 2 nitrogen and oxygen atoms in total. The van der Waals surface area contributed by atoms with E-state index >= 15 is 0 Å². The van der Waals surface area contributed by atoms with Gasteiger partial charge in [-0.05, 0) is 48.4 Å². The first-order valence-corrected chi connectivity index (χ1v) is 6.37. The summed E-state index contributed by atoms with van der Waals surface area (Å²) in [5.74, 6) is 4.75. The number of rotatable bonds is 3. The molecule has 0 heterocycles. The van der Waals surface area contributed by atoms with Crippen LogP contribution in [0.15, 0.2) is 36.4 Å². The molecule has 21 heavy (non-hydrogen) atoms. The van der Waals surface area contributed by atoms with Crippen LogP contribution < -0.4 is 4.74 Å². The first-order valence-electron chi connectivity index (χ1n) is 6.37. The molecule has 0 aliphatic carbocycles. The number of aliphatic hydroxyl groups is 1. The van der Waals surface area contributed by atoms with E-state index in [-0.39, 0.29) is 24.6 Å². The SMILES string of the molecule is Cc1cc(F)ccc1OCc1ccc(F)c(C#CCO)c1. The predicted molar refractivity (Wildman–Crippen MR) is 75.8 cm³/mol. The second kappa shape index (κ2) is 6.87. The Morgan fingerprint density at radius 2 is 1.95 bits per heavy atom. The predicted octanol–water partition coefficient (Wildman–Crippen LogP) is 3.20. The van der Waals surface area contributed by atoms with Gasteiger partial charge in [-0.15, -0.1) is 0 Å². The summed E-state index contributed by atoms with van der Waals surface area (Å²) < 4.78 is 32.1. The number of aliphatic hydroxyl groups excluding tert-OH is 1. The highest BCUT2D eigenvalue weighted by Crippen LogP contribution is 2.20. The molecule has 0 fully saturated rings. The Morgan fingerprint density at radius 3 is 2.67 bits per heavy atom. The molecule has 4 heteroatoms. The molecule has 2 rings (SSSR count). The monoisotopic (exact) mass is 288 g/mol. The van der Waals surface area contributed by atoms with Crippen molar-refractivity contribution in [3.63, 3.8) is 0 Å². The molecule has 0 amide bonds. The van der Waals surface area contributed by atoms with Gasteiger partial charge in [-0.1, -0.05) is 17.9 Å². The van der Waals surface area contributed by atoms with E-state index in [9.17, 15) is 8.78 Å². The van der Waals surface area contributed by atoms with Crippen molar-refractivity contribution in [2.75, 3.05) is 6.61 Å². The Kier molecular flexibility index (Phi) is 4.91. The second-order valence-corrected chi connectivity index (χ2v) is 4.47. The molecule has 0 atom stereocenters. The first kappa shape index (κ1) is 15.0. The summed E-state index contributed by atoms with van der Waals surface area (Å²) in [6.07, 6.45) is 0. The number of aryl methyl sites for hydroxylation is 1. The van der Waals surface area contributed by atoms with Crippen molar-refractivity contribution in [3.05, 3.63) is 64.7 Å². The fraction of sp³-hybridized carbons (Fsp3) is 0.176. The quantitative estimate of drug-likeness (QED) is 0.879. The maximum absolute atomic E-state index is 13.5. The average molecular weight is 288 g/mol. The summed E-state index contributed by atoms with van der Waals surface area (Å²) in [6, 6.07) is 8.73. The summed E-state index contributed by atoms with van der Waals surface area (Å²) in [5, 5.41) is 8.64. The van der Waals surface area contributed by atoms with E-state index < -0.39 is 5.82 Å². The van der Waals surface area contributed by atoms with Crippen LogP contribution in [0.1, 0.15) is 16.7 Å². The highest BCUT2D eigenvalue weighted by Gasteiger charge is 2.04. The van der Waals surface area contributed by atoms with E-state index in [0.717, 1.165) is 5.56 Å². The minimum Gasteiger partial charge on any atom is -0.489 e. The Labute approximate surface area is 122 Å². The zero-order valence-corrected chi connectivity index (χ0v) is 11.5. The van der Waals surface area contributed by atoms with Gasteiger partial charge >= 0.3 is 0 Å². The number of ether oxygens (including phenoxy) is 1. The number of hydrogen-bond acceptors (Lipinski definition) is 2. The van der Waals surface area contributed by atoms with E-state index in [1.54, 1.807) is 25.1 Å². The zero-order valence-electron chi connectivity index (χ0n) is 11.5. The van der Waals surface area contributed by atoms with Crippen LogP contribution >= 0.6 is 0 Å². The second-order valence-electron chi connectivity index (χ2n) is 4.47. The molecule has 0 radical (unpaired) electrons. The van der Waals surface area contributed by atoms with Crippen LogP contribution in [0.4, 0.5) is 8.78 Å². The molecule has 1 N–H and O–H groups in total. The molecule has 108 valence electrons. The largest absolute Gasteiger partial charge is 0.489 e. The molecule has 2 aromatic rings. The summed E-state index contributed by atoms with van der Waals surface area (Å²) in [7, 11) is 0. The van der Waals surface area contributed by atoms with Crippen LogP contribution in [0, 0.1) is 30.4 Å². The smallest absolute Gasteiger partial charge is 0.138 e. The van der Waals surface area contributed by atoms with Crippen molar-refractivity contribution >= 4 is 0 Å². The van der Waals surface area contributed by atoms with Gasteiger partial charge in [0.05, 0.1) is 5.56 Å². The highest BCUT2D eigenvalue weighted by atomic mass is 19.1. The van der Waals surface area contributed by atoms with Gasteiger partial charge in [0.25, 0.3) is 0 Å². The first-order chi connectivity index (χ1) is 10.1. The lowest BCUT2D eigenvalue weighted by Crippen LogP contribution is -1.99. The van der Waals surface area contributed by atoms with E-state index in [1.165, 1.54) is 18.2 Å². The lowest BCUT2D eigenvalue weighted by Gasteiger charge is -2.09. The van der Waals surface area contributed by atoms with Crippen molar-refractivity contribution in [2.45, 2.75) is 13.5 Å². The van der Waals surface area contributed by atoms with Gasteiger partial charge in [-0.25, -0.2) is 8.78 Å². The van der Waals surface area contributed by atoms with Crippen LogP contribution in [0.2, 0.25) is 0 Å².